The molecule has 0 bridgehead atoms. The van der Waals surface area contributed by atoms with Gasteiger partial charge in [0.25, 0.3) is 0 Å². The summed E-state index contributed by atoms with van der Waals surface area (Å²) in [4.78, 5) is 0. The van der Waals surface area contributed by atoms with E-state index in [2.05, 4.69) is 19.3 Å². The summed E-state index contributed by atoms with van der Waals surface area (Å²) in [5.74, 6) is 0. The van der Waals surface area contributed by atoms with Crippen LogP contribution in [0.15, 0.2) is 0 Å². The van der Waals surface area contributed by atoms with Gasteiger partial charge in [0.2, 0.25) is 0 Å². The monoisotopic (exact) mass is 283 g/mol. The lowest BCUT2D eigenvalue weighted by molar-refractivity contribution is -0.940. The predicted molar refractivity (Wildman–Crippen MR) is 85.4 cm³/mol. The molecule has 5 atom stereocenters. The summed E-state index contributed by atoms with van der Waals surface area (Å²) >= 11 is 0. The van der Waals surface area contributed by atoms with Crippen LogP contribution in [0, 0.1) is 0 Å². The third-order valence-corrected chi connectivity index (χ3v) is 5.57. The van der Waals surface area contributed by atoms with Gasteiger partial charge in [-0.3, -0.25) is 0 Å². The summed E-state index contributed by atoms with van der Waals surface area (Å²) in [6.07, 6.45) is 8.58. The van der Waals surface area contributed by atoms with Crippen LogP contribution in [-0.2, 0) is 0 Å². The average Bonchev–Trinajstić information content (AvgIpc) is 2.42. The first-order valence-corrected chi connectivity index (χ1v) is 8.64. The van der Waals surface area contributed by atoms with E-state index in [-0.39, 0.29) is 0 Å². The van der Waals surface area contributed by atoms with Crippen molar-refractivity contribution in [3.8, 4) is 0 Å². The molecular formula is C16H35N4+. The highest BCUT2D eigenvalue weighted by Crippen LogP contribution is 2.29. The molecule has 0 aromatic heterocycles. The van der Waals surface area contributed by atoms with E-state index in [1.165, 1.54) is 43.3 Å². The Hall–Kier alpha value is -0.160. The Morgan fingerprint density at radius 2 is 1.85 bits per heavy atom. The Kier molecular flexibility index (Phi) is 5.84. The van der Waals surface area contributed by atoms with E-state index in [9.17, 15) is 0 Å². The number of quaternary nitrogens is 1. The molecule has 0 radical (unpaired) electrons. The molecule has 5 N–H and O–H groups in total. The van der Waals surface area contributed by atoms with E-state index in [4.69, 9.17) is 11.5 Å². The standard InChI is InChI=1S/C16H35N4/c1-3-4-5-9-20(2)10-7-14(18)12-16(20)15-11-13(17)6-8-19-15/h13-16,19H,3-12,17-18H2,1-2H3/q+1. The van der Waals surface area contributed by atoms with Gasteiger partial charge in [0, 0.05) is 24.9 Å². The zero-order valence-corrected chi connectivity index (χ0v) is 13.5. The number of nitrogens with zero attached hydrogens (tertiary/aromatic N) is 1. The lowest BCUT2D eigenvalue weighted by Crippen LogP contribution is -2.67. The predicted octanol–water partition coefficient (Wildman–Crippen LogP) is 1.19. The summed E-state index contributed by atoms with van der Waals surface area (Å²) in [6.45, 7) is 5.90. The third-order valence-electron chi connectivity index (χ3n) is 5.57. The van der Waals surface area contributed by atoms with E-state index >= 15 is 0 Å². The summed E-state index contributed by atoms with van der Waals surface area (Å²) < 4.78 is 1.21. The van der Waals surface area contributed by atoms with E-state index < -0.39 is 0 Å². The van der Waals surface area contributed by atoms with Gasteiger partial charge in [-0.05, 0) is 32.2 Å². The zero-order chi connectivity index (χ0) is 14.6. The third kappa shape index (κ3) is 3.94. The van der Waals surface area contributed by atoms with E-state index in [0.29, 0.717) is 24.2 Å². The highest BCUT2D eigenvalue weighted by atomic mass is 15.4. The van der Waals surface area contributed by atoms with Crippen LogP contribution in [0.5, 0.6) is 0 Å². The molecule has 0 spiro atoms. The van der Waals surface area contributed by atoms with E-state index in [1.54, 1.807) is 0 Å². The van der Waals surface area contributed by atoms with Crippen LogP contribution in [0.4, 0.5) is 0 Å². The molecule has 2 saturated heterocycles. The van der Waals surface area contributed by atoms with Crippen molar-refractivity contribution in [3.63, 3.8) is 0 Å². The van der Waals surface area contributed by atoms with Crippen LogP contribution in [0.2, 0.25) is 0 Å². The molecule has 118 valence electrons. The molecule has 0 aromatic carbocycles. The van der Waals surface area contributed by atoms with Gasteiger partial charge in [-0.25, -0.2) is 0 Å². The Morgan fingerprint density at radius 3 is 2.55 bits per heavy atom. The van der Waals surface area contributed by atoms with Crippen LogP contribution in [0.25, 0.3) is 0 Å². The van der Waals surface area contributed by atoms with Gasteiger partial charge in [-0.1, -0.05) is 13.3 Å². The minimum absolute atomic E-state index is 0.378. The molecule has 2 aliphatic heterocycles. The van der Waals surface area contributed by atoms with Gasteiger partial charge in [-0.2, -0.15) is 0 Å². The SMILES string of the molecule is CCCCC[N+]1(C)CCC(N)CC1C1CC(N)CCN1. The van der Waals surface area contributed by atoms with Crippen molar-refractivity contribution in [2.24, 2.45) is 11.5 Å². The zero-order valence-electron chi connectivity index (χ0n) is 13.5. The van der Waals surface area contributed by atoms with Crippen LogP contribution < -0.4 is 16.8 Å². The number of likely N-dealkylation sites (N-methyl/N-ethyl adjacent to an activating group) is 1. The van der Waals surface area contributed by atoms with Gasteiger partial charge >= 0.3 is 0 Å². The highest BCUT2D eigenvalue weighted by molar-refractivity contribution is 4.90. The molecule has 0 aliphatic carbocycles. The Morgan fingerprint density at radius 1 is 1.10 bits per heavy atom. The van der Waals surface area contributed by atoms with Crippen LogP contribution in [0.1, 0.15) is 51.9 Å². The number of nitrogens with one attached hydrogen (secondary N) is 1. The minimum atomic E-state index is 0.378. The van der Waals surface area contributed by atoms with Crippen LogP contribution >= 0.6 is 0 Å². The maximum absolute atomic E-state index is 6.27. The van der Waals surface area contributed by atoms with Crippen molar-refractivity contribution >= 4 is 0 Å². The number of unbranched alkanes of at least 4 members (excludes halogenated alkanes) is 2. The fourth-order valence-electron chi connectivity index (χ4n) is 4.18. The fourth-order valence-corrected chi connectivity index (χ4v) is 4.18. The molecule has 0 aromatic rings. The van der Waals surface area contributed by atoms with Gasteiger partial charge in [0.15, 0.2) is 0 Å². The molecule has 2 fully saturated rings. The van der Waals surface area contributed by atoms with Crippen molar-refractivity contribution in [2.45, 2.75) is 76.0 Å². The van der Waals surface area contributed by atoms with Crippen molar-refractivity contribution in [1.29, 1.82) is 0 Å². The topological polar surface area (TPSA) is 64.1 Å². The summed E-state index contributed by atoms with van der Waals surface area (Å²) in [7, 11) is 2.45. The van der Waals surface area contributed by atoms with Crippen molar-refractivity contribution in [3.05, 3.63) is 0 Å². The summed E-state index contributed by atoms with van der Waals surface area (Å²) in [5.41, 5.74) is 12.5. The van der Waals surface area contributed by atoms with Crippen LogP contribution in [0.3, 0.4) is 0 Å². The Bertz CT molecular complexity index is 296. The maximum atomic E-state index is 6.27. The number of hydrogen-bond acceptors (Lipinski definition) is 3. The van der Waals surface area contributed by atoms with Crippen molar-refractivity contribution in [1.82, 2.24) is 5.32 Å². The molecule has 2 aliphatic rings. The maximum Gasteiger partial charge on any atom is 0.106 e. The van der Waals surface area contributed by atoms with E-state index in [0.717, 1.165) is 25.8 Å². The molecule has 2 heterocycles. The quantitative estimate of drug-likeness (QED) is 0.525. The number of nitrogens with two attached hydrogens (primary N) is 2. The Balaban J connectivity index is 2.02. The second-order valence-corrected chi connectivity index (χ2v) is 7.33. The lowest BCUT2D eigenvalue weighted by atomic mass is 9.84. The number of likely N-dealkylation sites (tertiary alicyclic amines) is 1. The average molecular weight is 283 g/mol. The van der Waals surface area contributed by atoms with Gasteiger partial charge < -0.3 is 21.3 Å². The molecule has 4 heteroatoms. The number of piperidine rings is 2. The van der Waals surface area contributed by atoms with Gasteiger partial charge in [0.1, 0.15) is 6.04 Å². The largest absolute Gasteiger partial charge is 0.328 e. The molecule has 0 amide bonds. The minimum Gasteiger partial charge on any atom is -0.328 e. The van der Waals surface area contributed by atoms with E-state index in [1.807, 2.05) is 0 Å². The van der Waals surface area contributed by atoms with Crippen LogP contribution in [-0.4, -0.2) is 55.3 Å². The summed E-state index contributed by atoms with van der Waals surface area (Å²) in [6, 6.07) is 1.99. The Labute approximate surface area is 124 Å². The second-order valence-electron chi connectivity index (χ2n) is 7.33. The first-order chi connectivity index (χ1) is 9.55. The molecule has 2 rings (SSSR count). The van der Waals surface area contributed by atoms with Crippen molar-refractivity contribution < 1.29 is 4.48 Å². The molecule has 5 unspecified atom stereocenters. The van der Waals surface area contributed by atoms with Crippen molar-refractivity contribution in [2.75, 3.05) is 26.7 Å². The lowest BCUT2D eigenvalue weighted by Gasteiger charge is -2.51. The molecule has 0 saturated carbocycles. The number of rotatable bonds is 5. The smallest absolute Gasteiger partial charge is 0.106 e. The number of hydrogen-bond donors (Lipinski definition) is 3. The normalized spacial score (nSPS) is 42.6. The summed E-state index contributed by atoms with van der Waals surface area (Å²) in [5, 5.41) is 3.73. The van der Waals surface area contributed by atoms with Gasteiger partial charge in [-0.15, -0.1) is 0 Å². The fraction of sp³-hybridized carbons (Fsp3) is 1.00. The van der Waals surface area contributed by atoms with Gasteiger partial charge in [0.05, 0.1) is 26.2 Å². The highest BCUT2D eigenvalue weighted by Gasteiger charge is 2.43. The second kappa shape index (κ2) is 7.21. The first-order valence-electron chi connectivity index (χ1n) is 8.64. The molecule has 20 heavy (non-hydrogen) atoms. The molecule has 4 nitrogen and oxygen atoms in total. The first kappa shape index (κ1) is 16.2. The molecular weight excluding hydrogens is 248 g/mol.